The molecule has 0 atom stereocenters. The first-order valence-electron chi connectivity index (χ1n) is 10.2. The number of nitro benzene ring substituents is 1. The number of amides is 2. The average Bonchev–Trinajstić information content (AvgIpc) is 2.83. The second-order valence-corrected chi connectivity index (χ2v) is 7.38. The first-order chi connectivity index (χ1) is 16.3. The zero-order valence-electron chi connectivity index (χ0n) is 18.1. The molecule has 174 valence electrons. The molecule has 0 spiro atoms. The molecule has 0 aliphatic rings. The molecule has 0 heterocycles. The van der Waals surface area contributed by atoms with Crippen LogP contribution in [-0.4, -0.2) is 35.9 Å². The van der Waals surface area contributed by atoms with Gasteiger partial charge in [-0.15, -0.1) is 0 Å². The lowest BCUT2D eigenvalue weighted by Crippen LogP contribution is -2.34. The molecule has 0 unspecified atom stereocenters. The van der Waals surface area contributed by atoms with Crippen LogP contribution in [0, 0.1) is 10.1 Å². The fourth-order valence-corrected chi connectivity index (χ4v) is 3.42. The average molecular weight is 482 g/mol. The van der Waals surface area contributed by atoms with Gasteiger partial charge in [0.25, 0.3) is 17.5 Å². The molecule has 0 aliphatic heterocycles. The van der Waals surface area contributed by atoms with Crippen LogP contribution in [0.25, 0.3) is 0 Å². The van der Waals surface area contributed by atoms with Crippen LogP contribution in [-0.2, 0) is 9.53 Å². The van der Waals surface area contributed by atoms with Gasteiger partial charge in [-0.1, -0.05) is 41.9 Å². The highest BCUT2D eigenvalue weighted by atomic mass is 35.5. The molecule has 1 N–H and O–H groups in total. The highest BCUT2D eigenvalue weighted by Crippen LogP contribution is 2.24. The Labute approximate surface area is 200 Å². The van der Waals surface area contributed by atoms with Crippen molar-refractivity contribution in [3.63, 3.8) is 0 Å². The van der Waals surface area contributed by atoms with E-state index in [0.29, 0.717) is 12.2 Å². The summed E-state index contributed by atoms with van der Waals surface area (Å²) in [7, 11) is 0. The number of halogens is 1. The van der Waals surface area contributed by atoms with E-state index in [2.05, 4.69) is 5.32 Å². The van der Waals surface area contributed by atoms with Crippen LogP contribution in [0.1, 0.15) is 27.6 Å². The van der Waals surface area contributed by atoms with Gasteiger partial charge in [0.1, 0.15) is 0 Å². The van der Waals surface area contributed by atoms with E-state index < -0.39 is 29.3 Å². The van der Waals surface area contributed by atoms with Crippen LogP contribution >= 0.6 is 11.6 Å². The highest BCUT2D eigenvalue weighted by Gasteiger charge is 2.21. The standard InChI is InChI=1S/C24H20ClN3O6/c1-2-27(16-8-4-3-5-9-16)22(29)15-34-24(31)19-10-6-7-11-21(19)26-23(30)18-13-12-17(28(32)33)14-20(18)25/h3-14H,2,15H2,1H3,(H,26,30). The summed E-state index contributed by atoms with van der Waals surface area (Å²) in [4.78, 5) is 49.6. The second kappa shape index (κ2) is 11.1. The third-order valence-corrected chi connectivity index (χ3v) is 5.13. The van der Waals surface area contributed by atoms with Gasteiger partial charge in [-0.2, -0.15) is 0 Å². The minimum Gasteiger partial charge on any atom is -0.452 e. The number of hydrogen-bond acceptors (Lipinski definition) is 6. The van der Waals surface area contributed by atoms with E-state index in [1.165, 1.54) is 23.1 Å². The molecule has 2 amide bonds. The van der Waals surface area contributed by atoms with Crippen molar-refractivity contribution in [1.82, 2.24) is 0 Å². The summed E-state index contributed by atoms with van der Waals surface area (Å²) in [5.41, 5.74) is 0.580. The molecule has 3 rings (SSSR count). The lowest BCUT2D eigenvalue weighted by Gasteiger charge is -2.21. The van der Waals surface area contributed by atoms with E-state index in [9.17, 15) is 24.5 Å². The summed E-state index contributed by atoms with van der Waals surface area (Å²) in [5, 5.41) is 13.3. The number of nitrogens with one attached hydrogen (secondary N) is 1. The Morgan fingerprint density at radius 3 is 2.32 bits per heavy atom. The summed E-state index contributed by atoms with van der Waals surface area (Å²) in [6.45, 7) is 1.71. The van der Waals surface area contributed by atoms with E-state index in [-0.39, 0.29) is 27.5 Å². The van der Waals surface area contributed by atoms with Crippen molar-refractivity contribution in [2.75, 3.05) is 23.4 Å². The molecule has 0 aromatic heterocycles. The Morgan fingerprint density at radius 1 is 1.00 bits per heavy atom. The van der Waals surface area contributed by atoms with Crippen molar-refractivity contribution < 1.29 is 24.0 Å². The van der Waals surface area contributed by atoms with Crippen molar-refractivity contribution in [2.45, 2.75) is 6.92 Å². The Hall–Kier alpha value is -4.24. The molecule has 0 radical (unpaired) electrons. The zero-order chi connectivity index (χ0) is 24.7. The fourth-order valence-electron chi connectivity index (χ4n) is 3.16. The molecule has 0 saturated carbocycles. The zero-order valence-corrected chi connectivity index (χ0v) is 18.8. The van der Waals surface area contributed by atoms with Gasteiger partial charge in [-0.3, -0.25) is 19.7 Å². The van der Waals surface area contributed by atoms with Gasteiger partial charge >= 0.3 is 5.97 Å². The van der Waals surface area contributed by atoms with E-state index in [1.54, 1.807) is 43.3 Å². The number of benzene rings is 3. The molecule has 3 aromatic rings. The maximum absolute atomic E-state index is 12.7. The second-order valence-electron chi connectivity index (χ2n) is 6.97. The fraction of sp³-hybridized carbons (Fsp3) is 0.125. The summed E-state index contributed by atoms with van der Waals surface area (Å²) in [6.07, 6.45) is 0. The van der Waals surface area contributed by atoms with Crippen LogP contribution in [0.15, 0.2) is 72.8 Å². The monoisotopic (exact) mass is 481 g/mol. The molecule has 3 aromatic carbocycles. The first-order valence-corrected chi connectivity index (χ1v) is 10.6. The first kappa shape index (κ1) is 24.4. The molecule has 0 bridgehead atoms. The Kier molecular flexibility index (Phi) is 7.94. The molecule has 0 fully saturated rings. The highest BCUT2D eigenvalue weighted by molar-refractivity contribution is 6.34. The molecule has 34 heavy (non-hydrogen) atoms. The maximum Gasteiger partial charge on any atom is 0.340 e. The summed E-state index contributed by atoms with van der Waals surface area (Å²) in [5.74, 6) is -1.87. The van der Waals surface area contributed by atoms with Gasteiger partial charge in [0, 0.05) is 24.4 Å². The number of hydrogen-bond donors (Lipinski definition) is 1. The predicted molar refractivity (Wildman–Crippen MR) is 127 cm³/mol. The number of carbonyl (C=O) groups is 3. The van der Waals surface area contributed by atoms with Gasteiger partial charge in [0.15, 0.2) is 6.61 Å². The Bertz CT molecular complexity index is 1230. The number of carbonyl (C=O) groups excluding carboxylic acids is 3. The normalized spacial score (nSPS) is 10.3. The van der Waals surface area contributed by atoms with Crippen LogP contribution in [0.4, 0.5) is 17.1 Å². The Balaban J connectivity index is 1.71. The number of para-hydroxylation sites is 2. The number of rotatable bonds is 8. The quantitative estimate of drug-likeness (QED) is 0.282. The minimum absolute atomic E-state index is 0.00735. The van der Waals surface area contributed by atoms with Crippen LogP contribution in [0.3, 0.4) is 0 Å². The van der Waals surface area contributed by atoms with Gasteiger partial charge in [0.05, 0.1) is 26.8 Å². The van der Waals surface area contributed by atoms with Crippen LogP contribution in [0.2, 0.25) is 5.02 Å². The number of non-ortho nitro benzene ring substituents is 1. The van der Waals surface area contributed by atoms with E-state index in [4.69, 9.17) is 16.3 Å². The summed E-state index contributed by atoms with van der Waals surface area (Å²) in [6, 6.07) is 18.5. The molecule has 0 aliphatic carbocycles. The Morgan fingerprint density at radius 2 is 1.68 bits per heavy atom. The van der Waals surface area contributed by atoms with Gasteiger partial charge in [-0.25, -0.2) is 4.79 Å². The SMILES string of the molecule is CCN(C(=O)COC(=O)c1ccccc1NC(=O)c1ccc([N+](=O)[O-])cc1Cl)c1ccccc1. The van der Waals surface area contributed by atoms with E-state index in [0.717, 1.165) is 12.1 Å². The van der Waals surface area contributed by atoms with Gasteiger partial charge in [0.2, 0.25) is 0 Å². The van der Waals surface area contributed by atoms with Crippen LogP contribution < -0.4 is 10.2 Å². The largest absolute Gasteiger partial charge is 0.452 e. The van der Waals surface area contributed by atoms with Crippen molar-refractivity contribution in [3.8, 4) is 0 Å². The summed E-state index contributed by atoms with van der Waals surface area (Å²) < 4.78 is 5.21. The number of ether oxygens (including phenoxy) is 1. The van der Waals surface area contributed by atoms with Crippen molar-refractivity contribution in [1.29, 1.82) is 0 Å². The topological polar surface area (TPSA) is 119 Å². The minimum atomic E-state index is -0.803. The number of nitro groups is 1. The van der Waals surface area contributed by atoms with Crippen molar-refractivity contribution in [2.24, 2.45) is 0 Å². The number of anilines is 2. The lowest BCUT2D eigenvalue weighted by molar-refractivity contribution is -0.384. The van der Waals surface area contributed by atoms with E-state index in [1.807, 2.05) is 6.07 Å². The van der Waals surface area contributed by atoms with Gasteiger partial charge < -0.3 is 15.0 Å². The molecule has 0 saturated heterocycles. The third kappa shape index (κ3) is 5.76. The third-order valence-electron chi connectivity index (χ3n) is 4.82. The van der Waals surface area contributed by atoms with Crippen LogP contribution in [0.5, 0.6) is 0 Å². The molecule has 10 heteroatoms. The number of nitrogens with zero attached hydrogens (tertiary/aromatic N) is 2. The predicted octanol–water partition coefficient (Wildman–Crippen LogP) is 4.71. The lowest BCUT2D eigenvalue weighted by atomic mass is 10.1. The van der Waals surface area contributed by atoms with Crippen molar-refractivity contribution >= 4 is 46.4 Å². The van der Waals surface area contributed by atoms with Crippen molar-refractivity contribution in [3.05, 3.63) is 99.1 Å². The van der Waals surface area contributed by atoms with E-state index >= 15 is 0 Å². The number of likely N-dealkylation sites (N-methyl/N-ethyl adjacent to an activating group) is 1. The smallest absolute Gasteiger partial charge is 0.340 e. The molecular formula is C24H20ClN3O6. The molecular weight excluding hydrogens is 462 g/mol. The number of esters is 1. The molecule has 9 nitrogen and oxygen atoms in total. The summed E-state index contributed by atoms with van der Waals surface area (Å²) >= 11 is 6.02. The van der Waals surface area contributed by atoms with Gasteiger partial charge in [-0.05, 0) is 37.3 Å². The maximum atomic E-state index is 12.7.